The van der Waals surface area contributed by atoms with E-state index < -0.39 is 30.2 Å². The highest BCUT2D eigenvalue weighted by Crippen LogP contribution is 1.98. The average molecular weight is 176 g/mol. The highest BCUT2D eigenvalue weighted by Gasteiger charge is 2.22. The van der Waals surface area contributed by atoms with Crippen LogP contribution in [0.3, 0.4) is 0 Å². The molecule has 0 saturated heterocycles. The van der Waals surface area contributed by atoms with Crippen LogP contribution in [-0.2, 0) is 14.4 Å². The fraction of sp³-hybridized carbons (Fsp3) is 0.500. The predicted octanol–water partition coefficient (Wildman–Crippen LogP) is -1.13. The molecule has 68 valence electrons. The van der Waals surface area contributed by atoms with Crippen LogP contribution < -0.4 is 0 Å². The Hall–Kier alpha value is -1.43. The van der Waals surface area contributed by atoms with E-state index in [1.165, 1.54) is 0 Å². The van der Waals surface area contributed by atoms with Crippen molar-refractivity contribution in [2.45, 2.75) is 18.9 Å². The Bertz CT molecular complexity index is 208. The first-order valence-electron chi connectivity index (χ1n) is 3.12. The Morgan fingerprint density at radius 1 is 1.17 bits per heavy atom. The van der Waals surface area contributed by atoms with Gasteiger partial charge in [-0.2, -0.15) is 0 Å². The quantitative estimate of drug-likeness (QED) is 0.457. The van der Waals surface area contributed by atoms with Gasteiger partial charge in [0.1, 0.15) is 6.10 Å². The van der Waals surface area contributed by atoms with E-state index in [0.717, 1.165) is 0 Å². The van der Waals surface area contributed by atoms with Crippen LogP contribution in [0.5, 0.6) is 0 Å². The van der Waals surface area contributed by atoms with Crippen molar-refractivity contribution in [2.75, 3.05) is 0 Å². The zero-order chi connectivity index (χ0) is 9.72. The van der Waals surface area contributed by atoms with Crippen molar-refractivity contribution in [3.8, 4) is 0 Å². The van der Waals surface area contributed by atoms with Gasteiger partial charge in [0, 0.05) is 6.42 Å². The molecule has 0 radical (unpaired) electrons. The van der Waals surface area contributed by atoms with Crippen molar-refractivity contribution in [3.05, 3.63) is 0 Å². The summed E-state index contributed by atoms with van der Waals surface area (Å²) in [6.07, 6.45) is -2.53. The van der Waals surface area contributed by atoms with Crippen molar-refractivity contribution < 1.29 is 29.7 Å². The molecular formula is C6H8O6. The normalized spacial score (nSPS) is 12.1. The van der Waals surface area contributed by atoms with Crippen LogP contribution in [0.25, 0.3) is 0 Å². The fourth-order valence-corrected chi connectivity index (χ4v) is 0.534. The maximum atomic E-state index is 10.4. The molecule has 0 aliphatic heterocycles. The molecule has 0 bridgehead atoms. The van der Waals surface area contributed by atoms with Crippen molar-refractivity contribution >= 4 is 17.7 Å². The number of carboxylic acid groups (broad SMARTS) is 2. The van der Waals surface area contributed by atoms with Gasteiger partial charge in [-0.05, 0) is 6.42 Å². The van der Waals surface area contributed by atoms with E-state index in [0.29, 0.717) is 0 Å². The molecule has 0 spiro atoms. The van der Waals surface area contributed by atoms with E-state index in [4.69, 9.17) is 15.3 Å². The number of aliphatic hydroxyl groups is 1. The lowest BCUT2D eigenvalue weighted by atomic mass is 10.1. The van der Waals surface area contributed by atoms with Crippen LogP contribution in [0, 0.1) is 0 Å². The third-order valence-corrected chi connectivity index (χ3v) is 1.15. The van der Waals surface area contributed by atoms with E-state index in [2.05, 4.69) is 0 Å². The molecule has 0 aromatic carbocycles. The first-order chi connectivity index (χ1) is 5.45. The fourth-order valence-electron chi connectivity index (χ4n) is 0.534. The summed E-state index contributed by atoms with van der Waals surface area (Å²) < 4.78 is 0. The molecule has 0 aromatic heterocycles. The zero-order valence-electron chi connectivity index (χ0n) is 6.06. The maximum Gasteiger partial charge on any atom is 0.374 e. The molecule has 6 heteroatoms. The van der Waals surface area contributed by atoms with Crippen molar-refractivity contribution in [2.24, 2.45) is 0 Å². The molecule has 0 rings (SSSR count). The predicted molar refractivity (Wildman–Crippen MR) is 35.5 cm³/mol. The molecule has 0 aliphatic rings. The third kappa shape index (κ3) is 3.67. The number of carboxylic acids is 2. The summed E-state index contributed by atoms with van der Waals surface area (Å²) in [5, 5.41) is 24.9. The highest BCUT2D eigenvalue weighted by molar-refractivity contribution is 6.34. The molecule has 1 atom stereocenters. The van der Waals surface area contributed by atoms with Gasteiger partial charge in [0.05, 0.1) is 0 Å². The lowest BCUT2D eigenvalue weighted by Gasteiger charge is -2.02. The summed E-state index contributed by atoms with van der Waals surface area (Å²) in [5.74, 6) is -4.32. The minimum atomic E-state index is -1.76. The molecule has 3 N–H and O–H groups in total. The molecule has 1 unspecified atom stereocenters. The molecule has 0 aromatic rings. The number of Topliss-reactive ketones (excluding diaryl/α,β-unsaturated/α-hetero) is 1. The second-order valence-electron chi connectivity index (χ2n) is 2.12. The van der Waals surface area contributed by atoms with E-state index >= 15 is 0 Å². The summed E-state index contributed by atoms with van der Waals surface area (Å²) in [6, 6.07) is 0. The van der Waals surface area contributed by atoms with Crippen molar-refractivity contribution in [1.82, 2.24) is 0 Å². The van der Waals surface area contributed by atoms with Gasteiger partial charge >= 0.3 is 11.9 Å². The number of carbonyl (C=O) groups excluding carboxylic acids is 1. The average Bonchev–Trinajstić information content (AvgIpc) is 1.98. The summed E-state index contributed by atoms with van der Waals surface area (Å²) in [6.45, 7) is 0. The summed E-state index contributed by atoms with van der Waals surface area (Å²) in [4.78, 5) is 30.3. The molecule has 0 amide bonds. The van der Waals surface area contributed by atoms with Gasteiger partial charge in [0.25, 0.3) is 5.78 Å². The van der Waals surface area contributed by atoms with Crippen LogP contribution in [0.15, 0.2) is 0 Å². The van der Waals surface area contributed by atoms with Crippen molar-refractivity contribution in [1.29, 1.82) is 0 Å². The van der Waals surface area contributed by atoms with Gasteiger partial charge in [-0.15, -0.1) is 0 Å². The molecule has 12 heavy (non-hydrogen) atoms. The molecule has 0 fully saturated rings. The van der Waals surface area contributed by atoms with E-state index in [1.807, 2.05) is 0 Å². The second kappa shape index (κ2) is 4.45. The number of hydrogen-bond acceptors (Lipinski definition) is 4. The zero-order valence-corrected chi connectivity index (χ0v) is 6.06. The molecule has 0 saturated carbocycles. The number of rotatable bonds is 5. The maximum absolute atomic E-state index is 10.4. The van der Waals surface area contributed by atoms with Gasteiger partial charge in [-0.3, -0.25) is 9.59 Å². The Labute approximate surface area is 67.4 Å². The second-order valence-corrected chi connectivity index (χ2v) is 2.12. The monoisotopic (exact) mass is 176 g/mol. The van der Waals surface area contributed by atoms with Crippen LogP contribution in [-0.4, -0.2) is 39.1 Å². The van der Waals surface area contributed by atoms with Crippen molar-refractivity contribution in [3.63, 3.8) is 0 Å². The molecule has 6 nitrogen and oxygen atoms in total. The van der Waals surface area contributed by atoms with Gasteiger partial charge in [0.15, 0.2) is 0 Å². The number of hydrogen-bond donors (Lipinski definition) is 3. The van der Waals surface area contributed by atoms with Crippen LogP contribution >= 0.6 is 0 Å². The Kier molecular flexibility index (Phi) is 3.92. The van der Waals surface area contributed by atoms with Gasteiger partial charge < -0.3 is 15.3 Å². The van der Waals surface area contributed by atoms with Crippen LogP contribution in [0.1, 0.15) is 12.8 Å². The Balaban J connectivity index is 3.87. The topological polar surface area (TPSA) is 112 Å². The number of aliphatic carboxylic acids is 2. The molecule has 0 aliphatic carbocycles. The lowest BCUT2D eigenvalue weighted by Crippen LogP contribution is -2.28. The lowest BCUT2D eigenvalue weighted by molar-refractivity contribution is -0.153. The summed E-state index contributed by atoms with van der Waals surface area (Å²) in [5.41, 5.74) is 0. The van der Waals surface area contributed by atoms with Gasteiger partial charge in [0.2, 0.25) is 0 Å². The molecule has 0 heterocycles. The van der Waals surface area contributed by atoms with Crippen LogP contribution in [0.2, 0.25) is 0 Å². The Morgan fingerprint density at radius 3 is 2.00 bits per heavy atom. The van der Waals surface area contributed by atoms with E-state index in [1.54, 1.807) is 0 Å². The third-order valence-electron chi connectivity index (χ3n) is 1.15. The van der Waals surface area contributed by atoms with E-state index in [-0.39, 0.29) is 6.42 Å². The number of aliphatic hydroxyl groups excluding tert-OH is 1. The molecular weight excluding hydrogens is 168 g/mol. The summed E-state index contributed by atoms with van der Waals surface area (Å²) in [7, 11) is 0. The highest BCUT2D eigenvalue weighted by atomic mass is 16.4. The smallest absolute Gasteiger partial charge is 0.374 e. The number of carbonyl (C=O) groups is 3. The largest absolute Gasteiger partial charge is 0.481 e. The minimum Gasteiger partial charge on any atom is -0.481 e. The SMILES string of the molecule is O=C(O)CCC(O)C(=O)C(=O)O. The number of ketones is 1. The summed E-state index contributed by atoms with van der Waals surface area (Å²) >= 11 is 0. The minimum absolute atomic E-state index is 0.375. The Morgan fingerprint density at radius 2 is 1.67 bits per heavy atom. The van der Waals surface area contributed by atoms with Gasteiger partial charge in [-0.25, -0.2) is 4.79 Å². The van der Waals surface area contributed by atoms with Gasteiger partial charge in [-0.1, -0.05) is 0 Å². The van der Waals surface area contributed by atoms with Crippen LogP contribution in [0.4, 0.5) is 0 Å². The van der Waals surface area contributed by atoms with E-state index in [9.17, 15) is 14.4 Å². The first-order valence-corrected chi connectivity index (χ1v) is 3.12. The first kappa shape index (κ1) is 10.6. The standard InChI is InChI=1S/C6H8O6/c7-3(1-2-4(8)9)5(10)6(11)12/h3,7H,1-2H2,(H,8,9)(H,11,12).